The third kappa shape index (κ3) is 4.44. The molecular formula is C11H20N4O. The van der Waals surface area contributed by atoms with Crippen molar-refractivity contribution >= 4 is 11.8 Å². The van der Waals surface area contributed by atoms with Gasteiger partial charge in [-0.25, -0.2) is 4.98 Å². The van der Waals surface area contributed by atoms with E-state index in [0.717, 1.165) is 37.3 Å². The van der Waals surface area contributed by atoms with E-state index < -0.39 is 0 Å². The van der Waals surface area contributed by atoms with Crippen molar-refractivity contribution in [1.82, 2.24) is 9.97 Å². The van der Waals surface area contributed by atoms with E-state index in [-0.39, 0.29) is 6.61 Å². The van der Waals surface area contributed by atoms with Crippen molar-refractivity contribution in [2.75, 3.05) is 30.8 Å². The molecule has 0 aliphatic heterocycles. The maximum absolute atomic E-state index is 8.64. The van der Waals surface area contributed by atoms with Crippen LogP contribution in [0.15, 0.2) is 6.07 Å². The van der Waals surface area contributed by atoms with Crippen LogP contribution in [0.1, 0.15) is 25.0 Å². The Bertz CT molecular complexity index is 317. The number of rotatable bonds is 7. The fourth-order valence-corrected chi connectivity index (χ4v) is 1.40. The standard InChI is InChI=1S/C11H20N4O/c1-9-8-10(15-11(12-2)14-9)13-6-4-3-5-7-16/h8,16H,3-7H2,1-2H3,(H2,12,13,14,15). The minimum absolute atomic E-state index is 0.274. The molecule has 0 bridgehead atoms. The number of nitrogens with one attached hydrogen (secondary N) is 2. The number of aliphatic hydroxyl groups excluding tert-OH is 1. The van der Waals surface area contributed by atoms with Crippen LogP contribution in [0.25, 0.3) is 0 Å². The van der Waals surface area contributed by atoms with E-state index in [1.807, 2.05) is 13.0 Å². The van der Waals surface area contributed by atoms with E-state index in [0.29, 0.717) is 5.95 Å². The molecule has 0 atom stereocenters. The number of anilines is 2. The molecule has 5 heteroatoms. The van der Waals surface area contributed by atoms with Crippen molar-refractivity contribution in [1.29, 1.82) is 0 Å². The first kappa shape index (κ1) is 12.7. The summed E-state index contributed by atoms with van der Waals surface area (Å²) < 4.78 is 0. The van der Waals surface area contributed by atoms with Crippen LogP contribution in [-0.4, -0.2) is 35.3 Å². The minimum Gasteiger partial charge on any atom is -0.396 e. The molecule has 0 fully saturated rings. The molecule has 0 saturated heterocycles. The third-order valence-corrected chi connectivity index (χ3v) is 2.22. The van der Waals surface area contributed by atoms with Gasteiger partial charge in [-0.2, -0.15) is 4.98 Å². The molecule has 1 rings (SSSR count). The highest BCUT2D eigenvalue weighted by molar-refractivity contribution is 5.41. The number of nitrogens with zero attached hydrogens (tertiary/aromatic N) is 2. The van der Waals surface area contributed by atoms with Gasteiger partial charge in [0, 0.05) is 32.0 Å². The molecule has 1 aromatic heterocycles. The summed E-state index contributed by atoms with van der Waals surface area (Å²) in [7, 11) is 1.81. The summed E-state index contributed by atoms with van der Waals surface area (Å²) >= 11 is 0. The number of aryl methyl sites for hydroxylation is 1. The van der Waals surface area contributed by atoms with Gasteiger partial charge in [-0.05, 0) is 26.2 Å². The zero-order valence-electron chi connectivity index (χ0n) is 9.95. The SMILES string of the molecule is CNc1nc(C)cc(NCCCCCO)n1. The van der Waals surface area contributed by atoms with Crippen LogP contribution in [0.4, 0.5) is 11.8 Å². The Morgan fingerprint density at radius 2 is 2.06 bits per heavy atom. The lowest BCUT2D eigenvalue weighted by Gasteiger charge is -2.07. The molecule has 1 heterocycles. The maximum atomic E-state index is 8.64. The molecule has 3 N–H and O–H groups in total. The summed E-state index contributed by atoms with van der Waals surface area (Å²) in [6, 6.07) is 1.92. The van der Waals surface area contributed by atoms with Crippen LogP contribution in [0.5, 0.6) is 0 Å². The fourth-order valence-electron chi connectivity index (χ4n) is 1.40. The average molecular weight is 224 g/mol. The van der Waals surface area contributed by atoms with Gasteiger partial charge in [0.05, 0.1) is 0 Å². The normalized spacial score (nSPS) is 10.2. The molecule has 1 aromatic rings. The van der Waals surface area contributed by atoms with Crippen LogP contribution in [0.3, 0.4) is 0 Å². The number of unbranched alkanes of at least 4 members (excludes halogenated alkanes) is 2. The second-order valence-corrected chi connectivity index (χ2v) is 3.68. The Kier molecular flexibility index (Phi) is 5.56. The van der Waals surface area contributed by atoms with Gasteiger partial charge in [-0.1, -0.05) is 0 Å². The predicted molar refractivity (Wildman–Crippen MR) is 65.7 cm³/mol. The lowest BCUT2D eigenvalue weighted by atomic mass is 10.2. The Morgan fingerprint density at radius 1 is 1.25 bits per heavy atom. The molecule has 0 aliphatic carbocycles. The van der Waals surface area contributed by atoms with E-state index >= 15 is 0 Å². The highest BCUT2D eigenvalue weighted by atomic mass is 16.2. The van der Waals surface area contributed by atoms with Crippen molar-refractivity contribution in [3.8, 4) is 0 Å². The molecule has 16 heavy (non-hydrogen) atoms. The first-order valence-electron chi connectivity index (χ1n) is 5.64. The molecule has 0 radical (unpaired) electrons. The van der Waals surface area contributed by atoms with Crippen LogP contribution >= 0.6 is 0 Å². The Labute approximate surface area is 96.3 Å². The molecule has 0 amide bonds. The largest absolute Gasteiger partial charge is 0.396 e. The molecule has 0 spiro atoms. The van der Waals surface area contributed by atoms with Crippen LogP contribution < -0.4 is 10.6 Å². The van der Waals surface area contributed by atoms with Gasteiger partial charge in [0.1, 0.15) is 5.82 Å². The van der Waals surface area contributed by atoms with E-state index in [1.54, 1.807) is 7.05 Å². The summed E-state index contributed by atoms with van der Waals surface area (Å²) in [4.78, 5) is 8.50. The van der Waals surface area contributed by atoms with Gasteiger partial charge < -0.3 is 15.7 Å². The van der Waals surface area contributed by atoms with Crippen molar-refractivity contribution in [3.63, 3.8) is 0 Å². The first-order valence-corrected chi connectivity index (χ1v) is 5.64. The zero-order valence-corrected chi connectivity index (χ0v) is 9.95. The number of aliphatic hydroxyl groups is 1. The average Bonchev–Trinajstić information content (AvgIpc) is 2.28. The van der Waals surface area contributed by atoms with E-state index in [2.05, 4.69) is 20.6 Å². The Balaban J connectivity index is 2.38. The van der Waals surface area contributed by atoms with Gasteiger partial charge in [-0.3, -0.25) is 0 Å². The van der Waals surface area contributed by atoms with E-state index in [1.165, 1.54) is 0 Å². The molecule has 0 aliphatic rings. The summed E-state index contributed by atoms with van der Waals surface area (Å²) in [5, 5.41) is 14.8. The Morgan fingerprint density at radius 3 is 2.75 bits per heavy atom. The van der Waals surface area contributed by atoms with Gasteiger partial charge in [-0.15, -0.1) is 0 Å². The lowest BCUT2D eigenvalue weighted by Crippen LogP contribution is -2.06. The fraction of sp³-hybridized carbons (Fsp3) is 0.636. The predicted octanol–water partition coefficient (Wildman–Crippen LogP) is 1.40. The summed E-state index contributed by atoms with van der Waals surface area (Å²) in [5.74, 6) is 1.48. The number of hydrogen-bond acceptors (Lipinski definition) is 5. The van der Waals surface area contributed by atoms with Crippen molar-refractivity contribution in [2.45, 2.75) is 26.2 Å². The second-order valence-electron chi connectivity index (χ2n) is 3.68. The molecule has 0 unspecified atom stereocenters. The maximum Gasteiger partial charge on any atom is 0.224 e. The molecule has 0 aromatic carbocycles. The number of aromatic nitrogens is 2. The molecule has 90 valence electrons. The lowest BCUT2D eigenvalue weighted by molar-refractivity contribution is 0.283. The summed E-state index contributed by atoms with van der Waals surface area (Å²) in [6.07, 6.45) is 2.94. The van der Waals surface area contributed by atoms with Gasteiger partial charge in [0.15, 0.2) is 0 Å². The minimum atomic E-state index is 0.274. The second kappa shape index (κ2) is 7.00. The van der Waals surface area contributed by atoms with Gasteiger partial charge >= 0.3 is 0 Å². The topological polar surface area (TPSA) is 70.1 Å². The van der Waals surface area contributed by atoms with Crippen molar-refractivity contribution < 1.29 is 5.11 Å². The molecular weight excluding hydrogens is 204 g/mol. The highest BCUT2D eigenvalue weighted by Gasteiger charge is 1.99. The smallest absolute Gasteiger partial charge is 0.224 e. The van der Waals surface area contributed by atoms with E-state index in [9.17, 15) is 0 Å². The third-order valence-electron chi connectivity index (χ3n) is 2.22. The van der Waals surface area contributed by atoms with Gasteiger partial charge in [0.2, 0.25) is 5.95 Å². The highest BCUT2D eigenvalue weighted by Crippen LogP contribution is 2.09. The molecule has 0 saturated carbocycles. The van der Waals surface area contributed by atoms with Crippen LogP contribution in [0.2, 0.25) is 0 Å². The van der Waals surface area contributed by atoms with Crippen LogP contribution in [-0.2, 0) is 0 Å². The first-order chi connectivity index (χ1) is 7.76. The Hall–Kier alpha value is -1.36. The van der Waals surface area contributed by atoms with Crippen molar-refractivity contribution in [2.24, 2.45) is 0 Å². The monoisotopic (exact) mass is 224 g/mol. The quantitative estimate of drug-likeness (QED) is 0.611. The van der Waals surface area contributed by atoms with Crippen LogP contribution in [0, 0.1) is 6.92 Å². The van der Waals surface area contributed by atoms with Crippen molar-refractivity contribution in [3.05, 3.63) is 11.8 Å². The summed E-state index contributed by atoms with van der Waals surface area (Å²) in [5.41, 5.74) is 0.942. The zero-order chi connectivity index (χ0) is 11.8. The van der Waals surface area contributed by atoms with Gasteiger partial charge in [0.25, 0.3) is 0 Å². The number of hydrogen-bond donors (Lipinski definition) is 3. The van der Waals surface area contributed by atoms with E-state index in [4.69, 9.17) is 5.11 Å². The summed E-state index contributed by atoms with van der Waals surface area (Å²) in [6.45, 7) is 3.09. The molecule has 5 nitrogen and oxygen atoms in total.